The molecule has 0 saturated carbocycles. The first-order valence-corrected chi connectivity index (χ1v) is 10.3. The number of quaternary nitrogens is 1. The van der Waals surface area contributed by atoms with Crippen LogP contribution in [0.4, 0.5) is 9.52 Å². The van der Waals surface area contributed by atoms with Crippen molar-refractivity contribution in [1.29, 1.82) is 0 Å². The summed E-state index contributed by atoms with van der Waals surface area (Å²) < 4.78 is 14.6. The molecule has 3 aromatic rings. The third-order valence-corrected chi connectivity index (χ3v) is 5.73. The number of nitrogens with zero attached hydrogens (tertiary/aromatic N) is 2. The van der Waals surface area contributed by atoms with Gasteiger partial charge in [0.2, 0.25) is 0 Å². The molecule has 4 nitrogen and oxygen atoms in total. The minimum atomic E-state index is -0.414. The van der Waals surface area contributed by atoms with E-state index >= 15 is 0 Å². The Morgan fingerprint density at radius 1 is 1.27 bits per heavy atom. The molecular weight excluding hydrogens is 369 g/mol. The van der Waals surface area contributed by atoms with Crippen LogP contribution in [0.15, 0.2) is 47.4 Å². The number of carbonyl (C=O) groups excluding carboxylic acids is 1. The molecule has 0 radical (unpaired) electrons. The Balaban J connectivity index is 1.98. The van der Waals surface area contributed by atoms with Crippen molar-refractivity contribution in [3.8, 4) is 0 Å². The van der Waals surface area contributed by atoms with Gasteiger partial charge in [0.25, 0.3) is 5.91 Å². The second-order valence-electron chi connectivity index (χ2n) is 6.25. The molecule has 0 spiro atoms. The fraction of sp³-hybridized carbons (Fsp3) is 0.263. The van der Waals surface area contributed by atoms with Crippen molar-refractivity contribution in [1.82, 2.24) is 4.98 Å². The highest BCUT2D eigenvalue weighted by Gasteiger charge is 2.22. The number of hydrogen-bond acceptors (Lipinski definition) is 4. The van der Waals surface area contributed by atoms with Gasteiger partial charge in [-0.1, -0.05) is 17.4 Å². The lowest BCUT2D eigenvalue weighted by atomic mass is 10.2. The molecule has 0 fully saturated rings. The monoisotopic (exact) mass is 390 g/mol. The summed E-state index contributed by atoms with van der Waals surface area (Å²) in [6.45, 7) is 1.29. The van der Waals surface area contributed by atoms with Crippen LogP contribution >= 0.6 is 23.1 Å². The van der Waals surface area contributed by atoms with Crippen molar-refractivity contribution in [3.05, 3.63) is 53.8 Å². The first-order valence-electron chi connectivity index (χ1n) is 8.29. The van der Waals surface area contributed by atoms with Crippen LogP contribution in [0.5, 0.6) is 0 Å². The highest BCUT2D eigenvalue weighted by atomic mass is 32.2. The fourth-order valence-corrected chi connectivity index (χ4v) is 4.08. The molecule has 0 unspecified atom stereocenters. The number of fused-ring (bicyclic) bond motifs is 1. The SMILES string of the molecule is CSc1ccc2nc(N(CC[NH+](C)C)C(=O)c3cccc(F)c3)sc2c1. The molecule has 1 amide bonds. The van der Waals surface area contributed by atoms with Gasteiger partial charge in [-0.05, 0) is 42.7 Å². The number of anilines is 1. The smallest absolute Gasteiger partial charge is 0.260 e. The van der Waals surface area contributed by atoms with E-state index in [1.54, 1.807) is 28.8 Å². The number of halogens is 1. The Morgan fingerprint density at radius 3 is 2.77 bits per heavy atom. The van der Waals surface area contributed by atoms with Gasteiger partial charge in [0, 0.05) is 10.5 Å². The van der Waals surface area contributed by atoms with Crippen molar-refractivity contribution < 1.29 is 14.1 Å². The third kappa shape index (κ3) is 4.23. The fourth-order valence-electron chi connectivity index (χ4n) is 2.53. The van der Waals surface area contributed by atoms with E-state index in [2.05, 4.69) is 11.1 Å². The summed E-state index contributed by atoms with van der Waals surface area (Å²) in [5, 5.41) is 0.647. The van der Waals surface area contributed by atoms with Gasteiger partial charge >= 0.3 is 0 Å². The van der Waals surface area contributed by atoms with E-state index in [1.165, 1.54) is 28.4 Å². The largest absolute Gasteiger partial charge is 0.338 e. The quantitative estimate of drug-likeness (QED) is 0.658. The lowest BCUT2D eigenvalue weighted by Gasteiger charge is -2.20. The predicted octanol–water partition coefficient (Wildman–Crippen LogP) is 2.95. The lowest BCUT2D eigenvalue weighted by molar-refractivity contribution is -0.856. The van der Waals surface area contributed by atoms with Crippen molar-refractivity contribution in [2.45, 2.75) is 4.90 Å². The van der Waals surface area contributed by atoms with Gasteiger partial charge in [-0.25, -0.2) is 9.37 Å². The summed E-state index contributed by atoms with van der Waals surface area (Å²) in [6, 6.07) is 11.9. The van der Waals surface area contributed by atoms with Crippen LogP contribution in [0.2, 0.25) is 0 Å². The lowest BCUT2D eigenvalue weighted by Crippen LogP contribution is -3.06. The third-order valence-electron chi connectivity index (χ3n) is 3.97. The summed E-state index contributed by atoms with van der Waals surface area (Å²) in [6.07, 6.45) is 2.03. The molecule has 136 valence electrons. The number of aromatic nitrogens is 1. The molecule has 7 heteroatoms. The summed E-state index contributed by atoms with van der Waals surface area (Å²) >= 11 is 3.16. The molecular formula is C19H21FN3OS2+. The zero-order valence-electron chi connectivity index (χ0n) is 15.0. The van der Waals surface area contributed by atoms with E-state index in [-0.39, 0.29) is 5.91 Å². The van der Waals surface area contributed by atoms with Crippen LogP contribution in [0.25, 0.3) is 10.2 Å². The molecule has 2 aromatic carbocycles. The normalized spacial score (nSPS) is 11.3. The maximum Gasteiger partial charge on any atom is 0.260 e. The van der Waals surface area contributed by atoms with Gasteiger partial charge in [-0.2, -0.15) is 0 Å². The van der Waals surface area contributed by atoms with Crippen LogP contribution in [-0.2, 0) is 0 Å². The number of thioether (sulfide) groups is 1. The number of benzene rings is 2. The van der Waals surface area contributed by atoms with Gasteiger partial charge in [0.1, 0.15) is 5.82 Å². The van der Waals surface area contributed by atoms with E-state index in [0.717, 1.165) is 21.7 Å². The number of amides is 1. The Bertz CT molecular complexity index is 926. The average Bonchev–Trinajstić information content (AvgIpc) is 3.04. The average molecular weight is 391 g/mol. The van der Waals surface area contributed by atoms with Crippen molar-refractivity contribution >= 4 is 44.4 Å². The Hall–Kier alpha value is -1.96. The Labute approximate surface area is 160 Å². The minimum absolute atomic E-state index is 0.227. The molecule has 0 atom stereocenters. The van der Waals surface area contributed by atoms with Crippen LogP contribution < -0.4 is 9.80 Å². The van der Waals surface area contributed by atoms with Gasteiger partial charge in [-0.3, -0.25) is 9.69 Å². The van der Waals surface area contributed by atoms with Crippen LogP contribution in [-0.4, -0.2) is 44.3 Å². The highest BCUT2D eigenvalue weighted by molar-refractivity contribution is 7.98. The second-order valence-corrected chi connectivity index (χ2v) is 8.14. The highest BCUT2D eigenvalue weighted by Crippen LogP contribution is 2.32. The second kappa shape index (κ2) is 8.16. The van der Waals surface area contributed by atoms with E-state index in [9.17, 15) is 9.18 Å². The van der Waals surface area contributed by atoms with Gasteiger partial charge in [0.15, 0.2) is 5.13 Å². The molecule has 1 aromatic heterocycles. The standard InChI is InChI=1S/C19H20FN3OS2/c1-22(2)9-10-23(18(24)13-5-4-6-14(20)11-13)19-21-16-8-7-15(25-3)12-17(16)26-19/h4-8,11-12H,9-10H2,1-3H3/p+1. The number of likely N-dealkylation sites (N-methyl/N-ethyl adjacent to an activating group) is 1. The zero-order chi connectivity index (χ0) is 18.7. The maximum absolute atomic E-state index is 13.6. The topological polar surface area (TPSA) is 37.6 Å². The van der Waals surface area contributed by atoms with Crippen molar-refractivity contribution in [3.63, 3.8) is 0 Å². The predicted molar refractivity (Wildman–Crippen MR) is 107 cm³/mol. The number of rotatable bonds is 6. The first kappa shape index (κ1) is 18.8. The minimum Gasteiger partial charge on any atom is -0.338 e. The summed E-state index contributed by atoms with van der Waals surface area (Å²) in [5.74, 6) is -0.641. The number of thiazole rings is 1. The summed E-state index contributed by atoms with van der Waals surface area (Å²) in [4.78, 5) is 21.7. The molecule has 1 heterocycles. The van der Waals surface area contributed by atoms with E-state index in [0.29, 0.717) is 17.2 Å². The number of nitrogens with one attached hydrogen (secondary N) is 1. The number of carbonyl (C=O) groups is 1. The van der Waals surface area contributed by atoms with Crippen LogP contribution in [0, 0.1) is 5.82 Å². The maximum atomic E-state index is 13.6. The van der Waals surface area contributed by atoms with Crippen molar-refractivity contribution in [2.75, 3.05) is 38.3 Å². The van der Waals surface area contributed by atoms with Crippen LogP contribution in [0.1, 0.15) is 10.4 Å². The van der Waals surface area contributed by atoms with E-state index in [1.807, 2.05) is 32.5 Å². The first-order chi connectivity index (χ1) is 12.5. The van der Waals surface area contributed by atoms with Gasteiger partial charge in [-0.15, -0.1) is 11.8 Å². The Morgan fingerprint density at radius 2 is 2.08 bits per heavy atom. The van der Waals surface area contributed by atoms with Gasteiger partial charge < -0.3 is 4.90 Å². The molecule has 1 N–H and O–H groups in total. The van der Waals surface area contributed by atoms with Crippen molar-refractivity contribution in [2.24, 2.45) is 0 Å². The molecule has 0 saturated heterocycles. The number of hydrogen-bond donors (Lipinski definition) is 1. The molecule has 0 aliphatic carbocycles. The molecule has 0 bridgehead atoms. The molecule has 0 aliphatic heterocycles. The summed E-state index contributed by atoms with van der Waals surface area (Å²) in [7, 11) is 4.07. The summed E-state index contributed by atoms with van der Waals surface area (Å²) in [5.41, 5.74) is 1.21. The molecule has 3 rings (SSSR count). The van der Waals surface area contributed by atoms with Crippen LogP contribution in [0.3, 0.4) is 0 Å². The molecule has 0 aliphatic rings. The molecule has 26 heavy (non-hydrogen) atoms. The van der Waals surface area contributed by atoms with E-state index in [4.69, 9.17) is 0 Å². The Kier molecular flexibility index (Phi) is 5.90. The van der Waals surface area contributed by atoms with Gasteiger partial charge in [0.05, 0.1) is 37.4 Å². The van der Waals surface area contributed by atoms with E-state index < -0.39 is 5.82 Å². The zero-order valence-corrected chi connectivity index (χ0v) is 16.6.